The summed E-state index contributed by atoms with van der Waals surface area (Å²) in [5.74, 6) is 0. The second-order valence-corrected chi connectivity index (χ2v) is 35.0. The molecule has 0 N–H and O–H groups in total. The Labute approximate surface area is 705 Å². The smallest absolute Gasteiger partial charge is 0.165 e. The summed E-state index contributed by atoms with van der Waals surface area (Å²) in [7, 11) is 0. The van der Waals surface area contributed by atoms with E-state index < -0.39 is 0 Å². The van der Waals surface area contributed by atoms with Gasteiger partial charge in [0.1, 0.15) is 50.0 Å². The maximum atomic E-state index is 6.51. The molecule has 0 saturated heterocycles. The van der Waals surface area contributed by atoms with Crippen molar-refractivity contribution >= 4 is 245 Å². The third kappa shape index (κ3) is 9.02. The predicted molar refractivity (Wildman–Crippen MR) is 511 cm³/mol. The first-order valence-corrected chi connectivity index (χ1v) is 42.8. The average molecular weight is 1600 g/mol. The van der Waals surface area contributed by atoms with Crippen molar-refractivity contribution in [3.63, 3.8) is 0 Å². The number of thiophene rings is 1. The minimum atomic E-state index is -0.0244. The molecule has 124 heavy (non-hydrogen) atoms. The lowest BCUT2D eigenvalue weighted by Crippen LogP contribution is -2.14. The molecule has 13 aromatic heterocycles. The highest BCUT2D eigenvalue weighted by Gasteiger charge is 2.36. The molecule has 0 radical (unpaired) electrons. The van der Waals surface area contributed by atoms with Gasteiger partial charge in [-0.2, -0.15) is 0 Å². The largest absolute Gasteiger partial charge is 0.456 e. The summed E-state index contributed by atoms with van der Waals surface area (Å²) >= 11 is 1.85. The Morgan fingerprint density at radius 3 is 1.23 bits per heavy atom. The van der Waals surface area contributed by atoms with Crippen LogP contribution < -0.4 is 0 Å². The zero-order valence-electron chi connectivity index (χ0n) is 66.4. The highest BCUT2D eigenvalue weighted by atomic mass is 32.1. The van der Waals surface area contributed by atoms with Crippen molar-refractivity contribution in [3.05, 3.63) is 345 Å². The summed E-state index contributed by atoms with van der Waals surface area (Å²) in [5, 5.41) is 19.7. The van der Waals surface area contributed by atoms with E-state index >= 15 is 0 Å². The number of hydrogen-bond acceptors (Lipinski definition) is 10. The Bertz CT molecular complexity index is 9980. The molecule has 1 aliphatic rings. The number of para-hydroxylation sites is 9. The zero-order valence-corrected chi connectivity index (χ0v) is 67.2. The van der Waals surface area contributed by atoms with E-state index in [1.807, 2.05) is 114 Å². The van der Waals surface area contributed by atoms with Gasteiger partial charge in [0.05, 0.1) is 71.6 Å². The molecule has 1 aliphatic carbocycles. The quantitative estimate of drug-likeness (QED) is 0.170. The summed E-state index contributed by atoms with van der Waals surface area (Å²) in [6, 6.07) is 118. The Morgan fingerprint density at radius 2 is 0.653 bits per heavy atom. The highest BCUT2D eigenvalue weighted by molar-refractivity contribution is 7.25. The third-order valence-corrected chi connectivity index (χ3v) is 28.0. The second kappa shape index (κ2) is 24.1. The van der Waals surface area contributed by atoms with E-state index in [0.29, 0.717) is 0 Å². The van der Waals surface area contributed by atoms with Gasteiger partial charge in [0.15, 0.2) is 16.9 Å². The Hall–Kier alpha value is -16.2. The lowest BCUT2D eigenvalue weighted by Gasteiger charge is -2.21. The third-order valence-electron chi connectivity index (χ3n) is 26.9. The van der Waals surface area contributed by atoms with Crippen LogP contribution in [-0.4, -0.2) is 43.1 Å². The van der Waals surface area contributed by atoms with Gasteiger partial charge in [0.25, 0.3) is 0 Å². The van der Waals surface area contributed by atoms with Crippen molar-refractivity contribution in [2.75, 3.05) is 0 Å². The van der Waals surface area contributed by atoms with Gasteiger partial charge in [0, 0.05) is 101 Å². The lowest BCUT2D eigenvalue weighted by molar-refractivity contribution is 0.660. The van der Waals surface area contributed by atoms with Crippen LogP contribution in [0.5, 0.6) is 0 Å². The summed E-state index contributed by atoms with van der Waals surface area (Å²) in [6.45, 7) is 4.66. The van der Waals surface area contributed by atoms with Crippen molar-refractivity contribution in [1.29, 1.82) is 0 Å². The fourth-order valence-electron chi connectivity index (χ4n) is 21.3. The van der Waals surface area contributed by atoms with Crippen molar-refractivity contribution in [3.8, 4) is 44.5 Å². The molecule has 30 aromatic rings. The van der Waals surface area contributed by atoms with E-state index in [1.54, 1.807) is 0 Å². The Morgan fingerprint density at radius 1 is 0.242 bits per heavy atom. The van der Waals surface area contributed by atoms with Crippen LogP contribution in [0.1, 0.15) is 25.0 Å². The molecule has 13 heteroatoms. The fourth-order valence-corrected chi connectivity index (χ4v) is 22.3. The van der Waals surface area contributed by atoms with Crippen molar-refractivity contribution in [2.24, 2.45) is 0 Å². The molecule has 0 saturated carbocycles. The molecule has 0 atom stereocenters. The summed E-state index contributed by atoms with van der Waals surface area (Å²) in [4.78, 5) is 31.0. The van der Waals surface area contributed by atoms with Crippen LogP contribution in [0.2, 0.25) is 0 Å². The number of hydrogen-bond donors (Lipinski definition) is 0. The van der Waals surface area contributed by atoms with Gasteiger partial charge in [0.2, 0.25) is 0 Å². The molecule has 0 amide bonds. The molecule has 0 spiro atoms. The SMILES string of the molecule is CC1(C)c2ccccc2-c2cc(-c3cc4c5cc6oc7ccccc7c6cc5n5c6nc7ccccc7nc6c(c3)c45)ccc21.c1ccc(-c2cc3c4nc5ccccc5nc4n4c5ccc6c7ccccc7oc6c5c(c2)c34)cc1.c1ccc2nc3c(nc2c1)c1cc(-c2ccc4sc5ccccc5c4c2)cc2c4cc5oc6ccccc6c5cc4n3c21. The zero-order chi connectivity index (χ0) is 80.8. The van der Waals surface area contributed by atoms with E-state index in [2.05, 4.69) is 258 Å². The number of furan rings is 3. The van der Waals surface area contributed by atoms with Crippen LogP contribution in [0, 0.1) is 0 Å². The first-order chi connectivity index (χ1) is 61.2. The topological polar surface area (TPSA) is 130 Å². The normalized spacial score (nSPS) is 13.1. The molecule has 0 unspecified atom stereocenters. The van der Waals surface area contributed by atoms with Crippen LogP contribution in [0.4, 0.5) is 0 Å². The molecule has 0 aliphatic heterocycles. The van der Waals surface area contributed by atoms with Crippen molar-refractivity contribution in [1.82, 2.24) is 43.1 Å². The number of fused-ring (bicyclic) bond motifs is 37. The Kier molecular flexibility index (Phi) is 12.9. The Balaban J connectivity index is 0.0000000938. The van der Waals surface area contributed by atoms with Crippen LogP contribution >= 0.6 is 11.3 Å². The molecule has 31 rings (SSSR count). The second-order valence-electron chi connectivity index (χ2n) is 33.9. The van der Waals surface area contributed by atoms with Crippen molar-refractivity contribution < 1.29 is 13.3 Å². The van der Waals surface area contributed by atoms with Crippen molar-refractivity contribution in [2.45, 2.75) is 19.3 Å². The van der Waals surface area contributed by atoms with E-state index in [1.165, 1.54) is 81.0 Å². The van der Waals surface area contributed by atoms with Gasteiger partial charge in [-0.05, 0) is 207 Å². The lowest BCUT2D eigenvalue weighted by atomic mass is 9.82. The van der Waals surface area contributed by atoms with Gasteiger partial charge in [-0.1, -0.05) is 196 Å². The van der Waals surface area contributed by atoms with Gasteiger partial charge in [-0.3, -0.25) is 13.2 Å². The van der Waals surface area contributed by atoms with E-state index in [-0.39, 0.29) is 5.41 Å². The monoisotopic (exact) mass is 1600 g/mol. The number of rotatable bonds is 3. The van der Waals surface area contributed by atoms with Gasteiger partial charge < -0.3 is 13.3 Å². The first-order valence-electron chi connectivity index (χ1n) is 42.0. The summed E-state index contributed by atoms with van der Waals surface area (Å²) in [6.07, 6.45) is 0. The molecule has 0 fully saturated rings. The van der Waals surface area contributed by atoms with Gasteiger partial charge in [-0.25, -0.2) is 29.9 Å². The number of nitrogens with zero attached hydrogens (tertiary/aromatic N) is 9. The van der Waals surface area contributed by atoms with Crippen LogP contribution in [0.3, 0.4) is 0 Å². The molecule has 17 aromatic carbocycles. The molecular weight excluding hydrogens is 1540 g/mol. The van der Waals surface area contributed by atoms with Crippen LogP contribution in [0.25, 0.3) is 279 Å². The van der Waals surface area contributed by atoms with Gasteiger partial charge in [-0.15, -0.1) is 11.3 Å². The molecular formula is C111H61N9O3S. The minimum absolute atomic E-state index is 0.0244. The summed E-state index contributed by atoms with van der Waals surface area (Å²) < 4.78 is 28.8. The maximum Gasteiger partial charge on any atom is 0.165 e. The fraction of sp³-hybridized carbons (Fsp3) is 0.0270. The molecule has 13 heterocycles. The molecule has 574 valence electrons. The van der Waals surface area contributed by atoms with E-state index in [9.17, 15) is 0 Å². The first kappa shape index (κ1) is 66.7. The van der Waals surface area contributed by atoms with E-state index in [4.69, 9.17) is 43.2 Å². The number of benzene rings is 17. The molecule has 0 bridgehead atoms. The van der Waals surface area contributed by atoms with E-state index in [0.717, 1.165) is 209 Å². The number of aromatic nitrogens is 9. The van der Waals surface area contributed by atoms with Crippen LogP contribution in [-0.2, 0) is 5.41 Å². The molecule has 12 nitrogen and oxygen atoms in total. The average Bonchev–Trinajstić information content (AvgIpc) is 1.54. The van der Waals surface area contributed by atoms with Gasteiger partial charge >= 0.3 is 0 Å². The highest BCUT2D eigenvalue weighted by Crippen LogP contribution is 2.53. The minimum Gasteiger partial charge on any atom is -0.456 e. The standard InChI is InChI=1S/C41H25N3O.C38H19N3OS.C32H17N3O/c1-41(2)31-11-5-3-9-24(31)26-17-22(15-16-32(26)41)23-18-29-27-21-37-28(25-10-4-8-14-36(25)45-37)20-35(27)44-39(29)30(19-23)38-40(44)43-34-13-7-6-12-33(34)42-38;1-5-11-32-22(7-1)25-18-31-24(19-33(25)42-32)27-16-21(20-13-14-35-26(15-20)23-8-2-6-12-34(23)43-35)17-28-36-38(41(31)37(27)28)40-30-10-4-3-9-29(30)39-36;1-2-8-18(9-3-1)19-16-22-28-26(15-14-21-20-10-4-7-13-27(20)36-31(21)28)35-30(22)23(17-19)29-32(35)34-25-12-6-5-11-24(25)33-29/h3-21H,1-2H3;1-19H;1-17H. The summed E-state index contributed by atoms with van der Waals surface area (Å²) in [5.41, 5.74) is 35.5. The predicted octanol–water partition coefficient (Wildman–Crippen LogP) is 29.7. The van der Waals surface area contributed by atoms with Crippen LogP contribution in [0.15, 0.2) is 347 Å². The maximum absolute atomic E-state index is 6.51.